The standard InChI is InChI=1S/C13H14N4/c1-3-4-11(6-14)8-16-13-5-10(2)12(7-15)9-17-13/h3,5-6,8-9,14H,1,4H2,2H3,(H,16,17)/b11-8-,14-6?. The van der Waals surface area contributed by atoms with Crippen LogP contribution in [0.3, 0.4) is 0 Å². The summed E-state index contributed by atoms with van der Waals surface area (Å²) in [6.07, 6.45) is 6.87. The van der Waals surface area contributed by atoms with Gasteiger partial charge in [0.25, 0.3) is 0 Å². The van der Waals surface area contributed by atoms with Gasteiger partial charge in [0, 0.05) is 18.6 Å². The van der Waals surface area contributed by atoms with Gasteiger partial charge in [-0.2, -0.15) is 5.26 Å². The quantitative estimate of drug-likeness (QED) is 0.599. The van der Waals surface area contributed by atoms with Crippen LogP contribution in [0, 0.1) is 23.7 Å². The normalized spacial score (nSPS) is 10.5. The van der Waals surface area contributed by atoms with E-state index in [4.69, 9.17) is 10.7 Å². The molecule has 0 aliphatic rings. The number of aryl methyl sites for hydroxylation is 1. The fraction of sp³-hybridized carbons (Fsp3) is 0.154. The van der Waals surface area contributed by atoms with Crippen LogP contribution < -0.4 is 5.32 Å². The smallest absolute Gasteiger partial charge is 0.130 e. The lowest BCUT2D eigenvalue weighted by Crippen LogP contribution is -1.96. The zero-order valence-electron chi connectivity index (χ0n) is 9.70. The van der Waals surface area contributed by atoms with Crippen molar-refractivity contribution in [3.63, 3.8) is 0 Å². The Morgan fingerprint density at radius 3 is 3.00 bits per heavy atom. The molecule has 1 aromatic heterocycles. The number of nitriles is 1. The molecule has 1 heterocycles. The highest BCUT2D eigenvalue weighted by Gasteiger charge is 1.99. The molecule has 4 nitrogen and oxygen atoms in total. The molecular weight excluding hydrogens is 212 g/mol. The molecule has 0 saturated heterocycles. The molecule has 0 aromatic carbocycles. The number of aromatic nitrogens is 1. The average molecular weight is 226 g/mol. The van der Waals surface area contributed by atoms with E-state index in [9.17, 15) is 0 Å². The fourth-order valence-corrected chi connectivity index (χ4v) is 1.24. The molecule has 0 spiro atoms. The Bertz CT molecular complexity index is 495. The van der Waals surface area contributed by atoms with Gasteiger partial charge < -0.3 is 10.7 Å². The van der Waals surface area contributed by atoms with Crippen molar-refractivity contribution in [1.29, 1.82) is 10.7 Å². The highest BCUT2D eigenvalue weighted by molar-refractivity contribution is 5.76. The van der Waals surface area contributed by atoms with Crippen LogP contribution in [0.15, 0.2) is 36.7 Å². The maximum Gasteiger partial charge on any atom is 0.130 e. The van der Waals surface area contributed by atoms with E-state index in [1.54, 1.807) is 18.3 Å². The van der Waals surface area contributed by atoms with Gasteiger partial charge in [0.05, 0.1) is 5.56 Å². The largest absolute Gasteiger partial charge is 0.346 e. The van der Waals surface area contributed by atoms with Gasteiger partial charge in [-0.15, -0.1) is 6.58 Å². The van der Waals surface area contributed by atoms with Gasteiger partial charge >= 0.3 is 0 Å². The van der Waals surface area contributed by atoms with Crippen molar-refractivity contribution < 1.29 is 0 Å². The summed E-state index contributed by atoms with van der Waals surface area (Å²) in [4.78, 5) is 4.10. The van der Waals surface area contributed by atoms with Crippen molar-refractivity contribution in [3.05, 3.63) is 47.8 Å². The first-order chi connectivity index (χ1) is 8.21. The van der Waals surface area contributed by atoms with E-state index >= 15 is 0 Å². The third-order valence-corrected chi connectivity index (χ3v) is 2.20. The summed E-state index contributed by atoms with van der Waals surface area (Å²) in [5.41, 5.74) is 2.25. The van der Waals surface area contributed by atoms with E-state index in [0.29, 0.717) is 17.8 Å². The van der Waals surface area contributed by atoms with Gasteiger partial charge in [-0.25, -0.2) is 4.98 Å². The van der Waals surface area contributed by atoms with Crippen LogP contribution in [0.4, 0.5) is 5.82 Å². The van der Waals surface area contributed by atoms with Gasteiger partial charge in [0.15, 0.2) is 0 Å². The Hall–Kier alpha value is -2.41. The minimum Gasteiger partial charge on any atom is -0.346 e. The van der Waals surface area contributed by atoms with Crippen LogP contribution >= 0.6 is 0 Å². The first-order valence-corrected chi connectivity index (χ1v) is 5.15. The molecule has 0 amide bonds. The summed E-state index contributed by atoms with van der Waals surface area (Å²) in [6, 6.07) is 3.86. The SMILES string of the molecule is C=CC/C(C=N)=C/Nc1cc(C)c(C#N)cn1. The molecule has 1 rings (SSSR count). The number of rotatable bonds is 5. The summed E-state index contributed by atoms with van der Waals surface area (Å²) >= 11 is 0. The molecule has 0 bridgehead atoms. The van der Waals surface area contributed by atoms with Crippen LogP contribution in [0.5, 0.6) is 0 Å². The van der Waals surface area contributed by atoms with Gasteiger partial charge in [-0.05, 0) is 30.5 Å². The summed E-state index contributed by atoms with van der Waals surface area (Å²) < 4.78 is 0. The van der Waals surface area contributed by atoms with Crippen LogP contribution in [0.25, 0.3) is 0 Å². The molecule has 0 radical (unpaired) electrons. The minimum absolute atomic E-state index is 0.567. The number of allylic oxidation sites excluding steroid dienone is 2. The molecule has 86 valence electrons. The van der Waals surface area contributed by atoms with Gasteiger partial charge in [0.2, 0.25) is 0 Å². The van der Waals surface area contributed by atoms with E-state index in [1.165, 1.54) is 12.4 Å². The summed E-state index contributed by atoms with van der Waals surface area (Å²) in [5, 5.41) is 19.0. The summed E-state index contributed by atoms with van der Waals surface area (Å²) in [5.74, 6) is 0.657. The van der Waals surface area contributed by atoms with Crippen LogP contribution in [-0.4, -0.2) is 11.2 Å². The lowest BCUT2D eigenvalue weighted by molar-refractivity contribution is 1.23. The Labute approximate surface area is 101 Å². The summed E-state index contributed by atoms with van der Waals surface area (Å²) in [7, 11) is 0. The number of hydrogen-bond acceptors (Lipinski definition) is 4. The van der Waals surface area contributed by atoms with Gasteiger partial charge in [0.1, 0.15) is 11.9 Å². The Morgan fingerprint density at radius 1 is 1.71 bits per heavy atom. The second kappa shape index (κ2) is 6.23. The average Bonchev–Trinajstić information content (AvgIpc) is 2.34. The minimum atomic E-state index is 0.567. The van der Waals surface area contributed by atoms with Gasteiger partial charge in [-0.1, -0.05) is 6.08 Å². The third kappa shape index (κ3) is 3.58. The Kier molecular flexibility index (Phi) is 4.64. The van der Waals surface area contributed by atoms with Crippen LogP contribution in [0.2, 0.25) is 0 Å². The molecule has 17 heavy (non-hydrogen) atoms. The molecule has 0 aliphatic carbocycles. The zero-order valence-corrected chi connectivity index (χ0v) is 9.70. The molecular formula is C13H14N4. The van der Waals surface area contributed by atoms with Crippen LogP contribution in [-0.2, 0) is 0 Å². The Balaban J connectivity index is 2.82. The fourth-order valence-electron chi connectivity index (χ4n) is 1.24. The molecule has 0 aliphatic heterocycles. The van der Waals surface area contributed by atoms with E-state index < -0.39 is 0 Å². The monoisotopic (exact) mass is 226 g/mol. The van der Waals surface area contributed by atoms with Crippen molar-refractivity contribution >= 4 is 12.0 Å². The van der Waals surface area contributed by atoms with Crippen molar-refractivity contribution in [1.82, 2.24) is 4.98 Å². The highest BCUT2D eigenvalue weighted by atomic mass is 15.0. The maximum absolute atomic E-state index is 8.77. The van der Waals surface area contributed by atoms with E-state index in [0.717, 1.165) is 11.1 Å². The predicted molar refractivity (Wildman–Crippen MR) is 69.0 cm³/mol. The topological polar surface area (TPSA) is 72.6 Å². The van der Waals surface area contributed by atoms with E-state index in [1.807, 2.05) is 6.92 Å². The summed E-state index contributed by atoms with van der Waals surface area (Å²) in [6.45, 7) is 5.47. The molecule has 0 fully saturated rings. The van der Waals surface area contributed by atoms with Crippen molar-refractivity contribution in [2.24, 2.45) is 0 Å². The number of hydrogen-bond donors (Lipinski definition) is 2. The first-order valence-electron chi connectivity index (χ1n) is 5.15. The van der Waals surface area contributed by atoms with Crippen molar-refractivity contribution in [2.45, 2.75) is 13.3 Å². The second-order valence-corrected chi connectivity index (χ2v) is 3.50. The number of anilines is 1. The van der Waals surface area contributed by atoms with E-state index in [-0.39, 0.29) is 0 Å². The van der Waals surface area contributed by atoms with Gasteiger partial charge in [-0.3, -0.25) is 0 Å². The maximum atomic E-state index is 8.77. The molecule has 4 heteroatoms. The van der Waals surface area contributed by atoms with Crippen LogP contribution in [0.1, 0.15) is 17.5 Å². The first kappa shape index (κ1) is 12.7. The number of nitrogens with one attached hydrogen (secondary N) is 2. The molecule has 0 atom stereocenters. The molecule has 1 aromatic rings. The lowest BCUT2D eigenvalue weighted by atomic mass is 10.2. The molecule has 0 unspecified atom stereocenters. The predicted octanol–water partition coefficient (Wildman–Crippen LogP) is 2.78. The number of nitrogens with zero attached hydrogens (tertiary/aromatic N) is 2. The van der Waals surface area contributed by atoms with E-state index in [2.05, 4.69) is 22.9 Å². The lowest BCUT2D eigenvalue weighted by Gasteiger charge is -2.03. The molecule has 0 saturated carbocycles. The highest BCUT2D eigenvalue weighted by Crippen LogP contribution is 2.11. The molecule has 2 N–H and O–H groups in total. The zero-order chi connectivity index (χ0) is 12.7. The van der Waals surface area contributed by atoms with Crippen molar-refractivity contribution in [3.8, 4) is 6.07 Å². The third-order valence-electron chi connectivity index (χ3n) is 2.20. The van der Waals surface area contributed by atoms with Crippen molar-refractivity contribution in [2.75, 3.05) is 5.32 Å². The second-order valence-electron chi connectivity index (χ2n) is 3.50. The number of pyridine rings is 1. The Morgan fingerprint density at radius 2 is 2.47 bits per heavy atom.